The standard InChI is InChI=1S/C24H37O2P/c1-18-8-5-11-21(24(18)25)16-15-20-12-7-17-27-23(20)14-4-3-13-22(26-2)19-9-6-10-19/h5,8,11,20,23,25,27H,3-4,6-7,9-10,12-17H2,1-2H3. The number of aromatic hydroxyl groups is 1. The van der Waals surface area contributed by atoms with Crippen LogP contribution < -0.4 is 0 Å². The number of unbranched alkanes of at least 4 members (excludes halogenated alkanes) is 1. The van der Waals surface area contributed by atoms with Crippen molar-refractivity contribution in [2.24, 2.45) is 5.92 Å². The zero-order chi connectivity index (χ0) is 19.1. The number of hydrogen-bond acceptors (Lipinski definition) is 2. The van der Waals surface area contributed by atoms with E-state index < -0.39 is 0 Å². The fraction of sp³-hybridized carbons (Fsp3) is 0.667. The second-order valence-corrected chi connectivity index (χ2v) is 10.1. The fourth-order valence-electron chi connectivity index (χ4n) is 4.67. The lowest BCUT2D eigenvalue weighted by atomic mass is 9.88. The van der Waals surface area contributed by atoms with Crippen LogP contribution in [0.1, 0.15) is 75.3 Å². The van der Waals surface area contributed by atoms with Gasteiger partial charge in [-0.2, -0.15) is 0 Å². The molecule has 0 radical (unpaired) electrons. The van der Waals surface area contributed by atoms with Gasteiger partial charge in [-0.15, -0.1) is 8.58 Å². The van der Waals surface area contributed by atoms with E-state index in [1.807, 2.05) is 20.1 Å². The lowest BCUT2D eigenvalue weighted by Crippen LogP contribution is -2.22. The summed E-state index contributed by atoms with van der Waals surface area (Å²) in [6.07, 6.45) is 15.5. The zero-order valence-electron chi connectivity index (χ0n) is 17.2. The SMILES string of the molecule is COC(CCCCC1PCCCC1CCc1cccc(C)c1O)=C1CCC1. The third-order valence-corrected chi connectivity index (χ3v) is 8.53. The molecular formula is C24H37O2P. The Kier molecular flexibility index (Phi) is 8.07. The highest BCUT2D eigenvalue weighted by molar-refractivity contribution is 7.39. The Morgan fingerprint density at radius 1 is 1.19 bits per heavy atom. The van der Waals surface area contributed by atoms with E-state index in [-0.39, 0.29) is 0 Å². The van der Waals surface area contributed by atoms with E-state index in [0.717, 1.165) is 44.1 Å². The summed E-state index contributed by atoms with van der Waals surface area (Å²) >= 11 is 0. The van der Waals surface area contributed by atoms with Crippen LogP contribution in [0.2, 0.25) is 0 Å². The summed E-state index contributed by atoms with van der Waals surface area (Å²) in [7, 11) is 2.99. The van der Waals surface area contributed by atoms with Gasteiger partial charge >= 0.3 is 0 Å². The first-order chi connectivity index (χ1) is 13.2. The van der Waals surface area contributed by atoms with E-state index in [1.54, 1.807) is 5.57 Å². The van der Waals surface area contributed by atoms with Crippen molar-refractivity contribution < 1.29 is 9.84 Å². The molecule has 0 amide bonds. The monoisotopic (exact) mass is 388 g/mol. The van der Waals surface area contributed by atoms with E-state index in [1.165, 1.54) is 69.7 Å². The van der Waals surface area contributed by atoms with Gasteiger partial charge in [-0.05, 0) is 99.1 Å². The maximum absolute atomic E-state index is 10.3. The maximum Gasteiger partial charge on any atom is 0.121 e. The van der Waals surface area contributed by atoms with E-state index in [4.69, 9.17) is 4.74 Å². The van der Waals surface area contributed by atoms with Crippen molar-refractivity contribution >= 4 is 8.58 Å². The summed E-state index contributed by atoms with van der Waals surface area (Å²) in [4.78, 5) is 0. The molecule has 0 spiro atoms. The van der Waals surface area contributed by atoms with Gasteiger partial charge in [-0.3, -0.25) is 0 Å². The lowest BCUT2D eigenvalue weighted by Gasteiger charge is -2.32. The van der Waals surface area contributed by atoms with E-state index in [2.05, 4.69) is 12.1 Å². The van der Waals surface area contributed by atoms with Gasteiger partial charge in [0, 0.05) is 6.42 Å². The summed E-state index contributed by atoms with van der Waals surface area (Å²) in [6, 6.07) is 6.17. The summed E-state index contributed by atoms with van der Waals surface area (Å²) < 4.78 is 5.63. The first kappa shape index (κ1) is 20.7. The minimum Gasteiger partial charge on any atom is -0.507 e. The molecular weight excluding hydrogens is 351 g/mol. The number of methoxy groups -OCH3 is 1. The fourth-order valence-corrected chi connectivity index (χ4v) is 6.52. The van der Waals surface area contributed by atoms with Gasteiger partial charge in [0.15, 0.2) is 0 Å². The number of phenolic OH excluding ortho intramolecular Hbond substituents is 1. The molecule has 3 rings (SSSR count). The Balaban J connectivity index is 1.45. The highest BCUT2D eigenvalue weighted by atomic mass is 31.1. The minimum absolute atomic E-state index is 0.517. The molecule has 1 aromatic rings. The Morgan fingerprint density at radius 3 is 2.78 bits per heavy atom. The van der Waals surface area contributed by atoms with Crippen molar-refractivity contribution in [3.8, 4) is 5.75 Å². The molecule has 150 valence electrons. The molecule has 1 aromatic carbocycles. The van der Waals surface area contributed by atoms with Gasteiger partial charge in [-0.25, -0.2) is 0 Å². The number of benzene rings is 1. The highest BCUT2D eigenvalue weighted by Crippen LogP contribution is 2.41. The number of rotatable bonds is 9. The molecule has 0 aromatic heterocycles. The van der Waals surface area contributed by atoms with Gasteiger partial charge in [0.1, 0.15) is 5.75 Å². The van der Waals surface area contributed by atoms with Crippen molar-refractivity contribution in [3.05, 3.63) is 40.7 Å². The van der Waals surface area contributed by atoms with Crippen LogP contribution in [0.5, 0.6) is 5.75 Å². The number of para-hydroxylation sites is 1. The van der Waals surface area contributed by atoms with Crippen LogP contribution in [0.25, 0.3) is 0 Å². The molecule has 1 aliphatic heterocycles. The molecule has 1 saturated carbocycles. The molecule has 0 bridgehead atoms. The second-order valence-electron chi connectivity index (χ2n) is 8.41. The van der Waals surface area contributed by atoms with Crippen molar-refractivity contribution in [1.82, 2.24) is 0 Å². The van der Waals surface area contributed by atoms with Crippen molar-refractivity contribution in [2.45, 2.75) is 83.2 Å². The molecule has 1 heterocycles. The zero-order valence-corrected chi connectivity index (χ0v) is 18.2. The summed E-state index contributed by atoms with van der Waals surface area (Å²) in [5, 5.41) is 10.3. The van der Waals surface area contributed by atoms with Crippen LogP contribution in [0.3, 0.4) is 0 Å². The van der Waals surface area contributed by atoms with Crippen LogP contribution in [0.15, 0.2) is 29.5 Å². The molecule has 3 atom stereocenters. The normalized spacial score (nSPS) is 23.3. The topological polar surface area (TPSA) is 29.5 Å². The molecule has 1 saturated heterocycles. The van der Waals surface area contributed by atoms with Crippen LogP contribution in [-0.2, 0) is 11.2 Å². The number of phenols is 1. The van der Waals surface area contributed by atoms with Gasteiger partial charge < -0.3 is 9.84 Å². The third kappa shape index (κ3) is 5.74. The molecule has 1 aliphatic carbocycles. The molecule has 3 unspecified atom stereocenters. The van der Waals surface area contributed by atoms with Gasteiger partial charge in [0.25, 0.3) is 0 Å². The first-order valence-electron chi connectivity index (χ1n) is 10.9. The third-order valence-electron chi connectivity index (χ3n) is 6.60. The predicted molar refractivity (Wildman–Crippen MR) is 117 cm³/mol. The van der Waals surface area contributed by atoms with Crippen LogP contribution >= 0.6 is 8.58 Å². The highest BCUT2D eigenvalue weighted by Gasteiger charge is 2.25. The van der Waals surface area contributed by atoms with E-state index >= 15 is 0 Å². The van der Waals surface area contributed by atoms with Gasteiger partial charge in [-0.1, -0.05) is 24.6 Å². The second kappa shape index (κ2) is 10.5. The largest absolute Gasteiger partial charge is 0.507 e. The Morgan fingerprint density at radius 2 is 2.04 bits per heavy atom. The smallest absolute Gasteiger partial charge is 0.121 e. The van der Waals surface area contributed by atoms with Crippen molar-refractivity contribution in [1.29, 1.82) is 0 Å². The number of ether oxygens (including phenoxy) is 1. The number of aryl methyl sites for hydroxylation is 2. The summed E-state index contributed by atoms with van der Waals surface area (Å²) in [6.45, 7) is 2.00. The van der Waals surface area contributed by atoms with E-state index in [0.29, 0.717) is 5.75 Å². The Bertz CT molecular complexity index is 631. The molecule has 1 N–H and O–H groups in total. The summed E-state index contributed by atoms with van der Waals surface area (Å²) in [5.41, 5.74) is 4.63. The predicted octanol–water partition coefficient (Wildman–Crippen LogP) is 6.74. The van der Waals surface area contributed by atoms with E-state index in [9.17, 15) is 5.11 Å². The van der Waals surface area contributed by atoms with Gasteiger partial charge in [0.05, 0.1) is 12.9 Å². The van der Waals surface area contributed by atoms with Crippen molar-refractivity contribution in [2.75, 3.05) is 13.3 Å². The molecule has 27 heavy (non-hydrogen) atoms. The molecule has 2 nitrogen and oxygen atoms in total. The molecule has 2 aliphatic rings. The summed E-state index contributed by atoms with van der Waals surface area (Å²) in [5.74, 6) is 2.66. The lowest BCUT2D eigenvalue weighted by molar-refractivity contribution is 0.260. The van der Waals surface area contributed by atoms with Gasteiger partial charge in [0.2, 0.25) is 0 Å². The maximum atomic E-state index is 10.3. The minimum atomic E-state index is 0.517. The molecule has 2 fully saturated rings. The Hall–Kier alpha value is -1.01. The average Bonchev–Trinajstić information content (AvgIpc) is 2.64. The van der Waals surface area contributed by atoms with Crippen LogP contribution in [0, 0.1) is 12.8 Å². The van der Waals surface area contributed by atoms with Crippen LogP contribution in [-0.4, -0.2) is 24.0 Å². The van der Waals surface area contributed by atoms with Crippen LogP contribution in [0.4, 0.5) is 0 Å². The quantitative estimate of drug-likeness (QED) is 0.288. The van der Waals surface area contributed by atoms with Crippen molar-refractivity contribution in [3.63, 3.8) is 0 Å². The number of hydrogen-bond donors (Lipinski definition) is 1. The average molecular weight is 389 g/mol. The molecule has 3 heteroatoms. The number of allylic oxidation sites excluding steroid dienone is 2. The first-order valence-corrected chi connectivity index (χ1v) is 12.2. The Labute approximate surface area is 167 Å².